The van der Waals surface area contributed by atoms with E-state index in [4.69, 9.17) is 14.0 Å². The molecule has 1 aliphatic rings. The van der Waals surface area contributed by atoms with Gasteiger partial charge in [-0.25, -0.2) is 0 Å². The SMILES string of the molecule is CN(Cc1cc(-c2ccncc2)no1)CC1COCCO1. The number of aromatic nitrogens is 2. The second-order valence-electron chi connectivity index (χ2n) is 5.18. The van der Waals surface area contributed by atoms with Crippen LogP contribution in [0.15, 0.2) is 35.1 Å². The van der Waals surface area contributed by atoms with Crippen molar-refractivity contribution in [2.24, 2.45) is 0 Å². The maximum absolute atomic E-state index is 5.64. The highest BCUT2D eigenvalue weighted by atomic mass is 16.6. The van der Waals surface area contributed by atoms with Crippen LogP contribution in [0.2, 0.25) is 0 Å². The molecule has 2 aromatic rings. The standard InChI is InChI=1S/C15H19N3O3/c1-18(10-14-11-19-6-7-20-14)9-13-8-15(17-21-13)12-2-4-16-5-3-12/h2-5,8,14H,6-7,9-11H2,1H3. The summed E-state index contributed by atoms with van der Waals surface area (Å²) in [7, 11) is 2.03. The summed E-state index contributed by atoms with van der Waals surface area (Å²) < 4.78 is 16.4. The highest BCUT2D eigenvalue weighted by Gasteiger charge is 2.17. The van der Waals surface area contributed by atoms with Gasteiger partial charge in [0, 0.05) is 30.6 Å². The van der Waals surface area contributed by atoms with E-state index in [1.807, 2.05) is 25.2 Å². The van der Waals surface area contributed by atoms with Gasteiger partial charge in [-0.3, -0.25) is 9.88 Å². The Labute approximate surface area is 123 Å². The van der Waals surface area contributed by atoms with Crippen LogP contribution in [0.1, 0.15) is 5.76 Å². The van der Waals surface area contributed by atoms with Crippen LogP contribution >= 0.6 is 0 Å². The van der Waals surface area contributed by atoms with Crippen molar-refractivity contribution in [3.63, 3.8) is 0 Å². The second kappa shape index (κ2) is 6.80. The molecule has 21 heavy (non-hydrogen) atoms. The molecule has 3 heterocycles. The van der Waals surface area contributed by atoms with Crippen LogP contribution in [0, 0.1) is 0 Å². The predicted octanol–water partition coefficient (Wildman–Crippen LogP) is 1.58. The molecular weight excluding hydrogens is 270 g/mol. The zero-order valence-corrected chi connectivity index (χ0v) is 12.1. The van der Waals surface area contributed by atoms with Gasteiger partial charge in [0.15, 0.2) is 5.76 Å². The lowest BCUT2D eigenvalue weighted by molar-refractivity contribution is -0.0966. The summed E-state index contributed by atoms with van der Waals surface area (Å²) in [5.41, 5.74) is 1.84. The Balaban J connectivity index is 1.56. The molecule has 1 unspecified atom stereocenters. The summed E-state index contributed by atoms with van der Waals surface area (Å²) in [6.07, 6.45) is 3.62. The molecule has 0 aliphatic carbocycles. The summed E-state index contributed by atoms with van der Waals surface area (Å²) in [6, 6.07) is 5.79. The molecule has 0 saturated carbocycles. The zero-order chi connectivity index (χ0) is 14.5. The minimum absolute atomic E-state index is 0.131. The third-order valence-corrected chi connectivity index (χ3v) is 3.36. The smallest absolute Gasteiger partial charge is 0.151 e. The van der Waals surface area contributed by atoms with E-state index in [1.54, 1.807) is 12.4 Å². The molecular formula is C15H19N3O3. The van der Waals surface area contributed by atoms with Crippen molar-refractivity contribution in [1.29, 1.82) is 0 Å². The number of likely N-dealkylation sites (N-methyl/N-ethyl adjacent to an activating group) is 1. The van der Waals surface area contributed by atoms with Crippen molar-refractivity contribution >= 4 is 0 Å². The van der Waals surface area contributed by atoms with Crippen molar-refractivity contribution in [2.45, 2.75) is 12.6 Å². The van der Waals surface area contributed by atoms with E-state index in [0.717, 1.165) is 23.6 Å². The van der Waals surface area contributed by atoms with Crippen molar-refractivity contribution in [3.8, 4) is 11.3 Å². The lowest BCUT2D eigenvalue weighted by Gasteiger charge is -2.26. The Morgan fingerprint density at radius 1 is 1.29 bits per heavy atom. The van der Waals surface area contributed by atoms with Gasteiger partial charge in [-0.15, -0.1) is 0 Å². The van der Waals surface area contributed by atoms with Crippen molar-refractivity contribution in [3.05, 3.63) is 36.4 Å². The van der Waals surface area contributed by atoms with E-state index in [1.165, 1.54) is 0 Å². The first kappa shape index (κ1) is 14.2. The van der Waals surface area contributed by atoms with Crippen LogP contribution < -0.4 is 0 Å². The molecule has 0 amide bonds. The van der Waals surface area contributed by atoms with Gasteiger partial charge < -0.3 is 14.0 Å². The van der Waals surface area contributed by atoms with Gasteiger partial charge in [0.2, 0.25) is 0 Å². The first-order valence-corrected chi connectivity index (χ1v) is 7.05. The number of ether oxygens (including phenoxy) is 2. The van der Waals surface area contributed by atoms with Crippen LogP contribution in [-0.4, -0.2) is 54.6 Å². The van der Waals surface area contributed by atoms with Crippen LogP contribution in [0.25, 0.3) is 11.3 Å². The normalized spacial score (nSPS) is 19.0. The van der Waals surface area contributed by atoms with E-state index in [9.17, 15) is 0 Å². The Hall–Kier alpha value is -1.76. The highest BCUT2D eigenvalue weighted by Crippen LogP contribution is 2.18. The van der Waals surface area contributed by atoms with Crippen LogP contribution in [-0.2, 0) is 16.0 Å². The molecule has 112 valence electrons. The average molecular weight is 289 g/mol. The molecule has 1 fully saturated rings. The lowest BCUT2D eigenvalue weighted by atomic mass is 10.2. The number of pyridine rings is 1. The Bertz CT molecular complexity index is 552. The predicted molar refractivity (Wildman–Crippen MR) is 76.6 cm³/mol. The minimum Gasteiger partial charge on any atom is -0.376 e. The molecule has 0 radical (unpaired) electrons. The monoisotopic (exact) mass is 289 g/mol. The number of rotatable bonds is 5. The van der Waals surface area contributed by atoms with Gasteiger partial charge in [0.25, 0.3) is 0 Å². The summed E-state index contributed by atoms with van der Waals surface area (Å²) in [6.45, 7) is 3.52. The molecule has 6 nitrogen and oxygen atoms in total. The maximum Gasteiger partial charge on any atom is 0.151 e. The van der Waals surface area contributed by atoms with E-state index in [2.05, 4.69) is 15.0 Å². The quantitative estimate of drug-likeness (QED) is 0.833. The van der Waals surface area contributed by atoms with Gasteiger partial charge in [0.1, 0.15) is 5.69 Å². The van der Waals surface area contributed by atoms with E-state index in [-0.39, 0.29) is 6.10 Å². The van der Waals surface area contributed by atoms with Gasteiger partial charge in [0.05, 0.1) is 32.5 Å². The molecule has 2 aromatic heterocycles. The fourth-order valence-corrected chi connectivity index (χ4v) is 2.37. The molecule has 1 aliphatic heterocycles. The van der Waals surface area contributed by atoms with Crippen molar-refractivity contribution in [1.82, 2.24) is 15.0 Å². The van der Waals surface area contributed by atoms with Gasteiger partial charge in [-0.2, -0.15) is 0 Å². The summed E-state index contributed by atoms with van der Waals surface area (Å²) in [5.74, 6) is 0.834. The van der Waals surface area contributed by atoms with Crippen LogP contribution in [0.4, 0.5) is 0 Å². The van der Waals surface area contributed by atoms with Crippen LogP contribution in [0.5, 0.6) is 0 Å². The maximum atomic E-state index is 5.64. The third-order valence-electron chi connectivity index (χ3n) is 3.36. The molecule has 1 saturated heterocycles. The first-order chi connectivity index (χ1) is 10.3. The van der Waals surface area contributed by atoms with Gasteiger partial charge >= 0.3 is 0 Å². The molecule has 0 bridgehead atoms. The van der Waals surface area contributed by atoms with Crippen molar-refractivity contribution in [2.75, 3.05) is 33.4 Å². The molecule has 0 spiro atoms. The van der Waals surface area contributed by atoms with E-state index >= 15 is 0 Å². The fraction of sp³-hybridized carbons (Fsp3) is 0.467. The Kier molecular flexibility index (Phi) is 4.59. The van der Waals surface area contributed by atoms with Gasteiger partial charge in [-0.1, -0.05) is 5.16 Å². The highest BCUT2D eigenvalue weighted by molar-refractivity contribution is 5.57. The zero-order valence-electron chi connectivity index (χ0n) is 12.1. The summed E-state index contributed by atoms with van der Waals surface area (Å²) in [4.78, 5) is 6.15. The number of nitrogens with zero attached hydrogens (tertiary/aromatic N) is 3. The van der Waals surface area contributed by atoms with Crippen LogP contribution in [0.3, 0.4) is 0 Å². The van der Waals surface area contributed by atoms with Crippen molar-refractivity contribution < 1.29 is 14.0 Å². The third kappa shape index (κ3) is 3.87. The van der Waals surface area contributed by atoms with E-state index < -0.39 is 0 Å². The summed E-state index contributed by atoms with van der Waals surface area (Å²) >= 11 is 0. The molecule has 3 rings (SSSR count). The molecule has 0 N–H and O–H groups in total. The van der Waals surface area contributed by atoms with E-state index in [0.29, 0.717) is 26.4 Å². The topological polar surface area (TPSA) is 60.6 Å². The second-order valence-corrected chi connectivity index (χ2v) is 5.18. The Morgan fingerprint density at radius 3 is 2.90 bits per heavy atom. The average Bonchev–Trinajstić information content (AvgIpc) is 2.97. The molecule has 6 heteroatoms. The fourth-order valence-electron chi connectivity index (χ4n) is 2.37. The molecule has 0 aromatic carbocycles. The lowest BCUT2D eigenvalue weighted by Crippen LogP contribution is -2.38. The summed E-state index contributed by atoms with van der Waals surface area (Å²) in [5, 5.41) is 4.10. The van der Waals surface area contributed by atoms with Gasteiger partial charge in [-0.05, 0) is 19.2 Å². The molecule has 1 atom stereocenters. The number of hydrogen-bond donors (Lipinski definition) is 0. The number of hydrogen-bond acceptors (Lipinski definition) is 6. The first-order valence-electron chi connectivity index (χ1n) is 7.05. The largest absolute Gasteiger partial charge is 0.376 e. The minimum atomic E-state index is 0.131. The Morgan fingerprint density at radius 2 is 2.14 bits per heavy atom.